The Kier molecular flexibility index (Phi) is 5.08. The summed E-state index contributed by atoms with van der Waals surface area (Å²) in [4.78, 5) is 20.9. The van der Waals surface area contributed by atoms with Crippen molar-refractivity contribution >= 4 is 5.91 Å². The fourth-order valence-electron chi connectivity index (χ4n) is 3.01. The zero-order chi connectivity index (χ0) is 16.1. The highest BCUT2D eigenvalue weighted by Crippen LogP contribution is 2.10. The minimum absolute atomic E-state index is 0.248. The largest absolute Gasteiger partial charge is 0.340 e. The van der Waals surface area contributed by atoms with Crippen LogP contribution in [0.5, 0.6) is 0 Å². The van der Waals surface area contributed by atoms with Crippen LogP contribution in [0.15, 0.2) is 42.7 Å². The van der Waals surface area contributed by atoms with Gasteiger partial charge in [-0.3, -0.25) is 9.69 Å². The number of amides is 1. The molecule has 0 spiro atoms. The van der Waals surface area contributed by atoms with Crippen molar-refractivity contribution in [3.8, 4) is 0 Å². The molecule has 0 bridgehead atoms. The number of hydrogen-bond donors (Lipinski definition) is 0. The van der Waals surface area contributed by atoms with Crippen LogP contribution in [0.25, 0.3) is 0 Å². The fourth-order valence-corrected chi connectivity index (χ4v) is 3.01. The summed E-state index contributed by atoms with van der Waals surface area (Å²) < 4.78 is 2.03. The molecule has 1 aliphatic rings. The normalized spacial score (nSPS) is 15.8. The number of benzene rings is 1. The summed E-state index contributed by atoms with van der Waals surface area (Å²) in [5, 5.41) is 0. The van der Waals surface area contributed by atoms with Crippen molar-refractivity contribution in [3.05, 3.63) is 54.1 Å². The van der Waals surface area contributed by atoms with Gasteiger partial charge in [0.2, 0.25) is 5.91 Å². The Morgan fingerprint density at radius 3 is 2.52 bits per heavy atom. The van der Waals surface area contributed by atoms with Crippen molar-refractivity contribution in [2.24, 2.45) is 0 Å². The van der Waals surface area contributed by atoms with Gasteiger partial charge < -0.3 is 9.47 Å². The van der Waals surface area contributed by atoms with E-state index in [0.29, 0.717) is 6.42 Å². The molecular weight excluding hydrogens is 288 g/mol. The lowest BCUT2D eigenvalue weighted by Crippen LogP contribution is -2.48. The molecule has 1 saturated heterocycles. The molecule has 0 saturated carbocycles. The topological polar surface area (TPSA) is 41.4 Å². The Morgan fingerprint density at radius 2 is 1.87 bits per heavy atom. The fraction of sp³-hybridized carbons (Fsp3) is 0.444. The number of nitrogens with zero attached hydrogens (tertiary/aromatic N) is 4. The molecule has 1 fully saturated rings. The molecule has 2 heterocycles. The van der Waals surface area contributed by atoms with Crippen molar-refractivity contribution in [2.45, 2.75) is 26.4 Å². The van der Waals surface area contributed by atoms with Crippen LogP contribution in [0.3, 0.4) is 0 Å². The highest BCUT2D eigenvalue weighted by Gasteiger charge is 2.20. The number of aryl methyl sites for hydroxylation is 2. The first-order chi connectivity index (χ1) is 11.2. The van der Waals surface area contributed by atoms with Crippen molar-refractivity contribution in [3.63, 3.8) is 0 Å². The van der Waals surface area contributed by atoms with Crippen molar-refractivity contribution < 1.29 is 4.79 Å². The first-order valence-electron chi connectivity index (χ1n) is 8.24. The van der Waals surface area contributed by atoms with Crippen LogP contribution in [0.1, 0.15) is 17.8 Å². The smallest absolute Gasteiger partial charge is 0.224 e. The highest BCUT2D eigenvalue weighted by atomic mass is 16.2. The van der Waals surface area contributed by atoms with Crippen molar-refractivity contribution in [2.75, 3.05) is 26.2 Å². The van der Waals surface area contributed by atoms with Gasteiger partial charge in [-0.2, -0.15) is 0 Å². The molecule has 0 aliphatic carbocycles. The monoisotopic (exact) mass is 312 g/mol. The van der Waals surface area contributed by atoms with E-state index in [2.05, 4.69) is 34.1 Å². The van der Waals surface area contributed by atoms with Crippen molar-refractivity contribution in [1.29, 1.82) is 0 Å². The molecule has 23 heavy (non-hydrogen) atoms. The van der Waals surface area contributed by atoms with E-state index in [1.54, 1.807) is 6.20 Å². The molecule has 0 radical (unpaired) electrons. The van der Waals surface area contributed by atoms with Gasteiger partial charge in [-0.25, -0.2) is 4.98 Å². The van der Waals surface area contributed by atoms with E-state index in [-0.39, 0.29) is 5.91 Å². The number of piperazine rings is 1. The minimum atomic E-state index is 0.248. The number of aromatic nitrogens is 2. The van der Waals surface area contributed by atoms with Crippen molar-refractivity contribution in [1.82, 2.24) is 19.4 Å². The van der Waals surface area contributed by atoms with Gasteiger partial charge in [0.25, 0.3) is 0 Å². The number of imidazole rings is 1. The van der Waals surface area contributed by atoms with E-state index < -0.39 is 0 Å². The number of hydrogen-bond acceptors (Lipinski definition) is 3. The maximum Gasteiger partial charge on any atom is 0.224 e. The lowest BCUT2D eigenvalue weighted by Gasteiger charge is -2.34. The van der Waals surface area contributed by atoms with Gasteiger partial charge in [0, 0.05) is 58.1 Å². The van der Waals surface area contributed by atoms with Crippen LogP contribution in [-0.4, -0.2) is 51.4 Å². The second-order valence-electron chi connectivity index (χ2n) is 6.06. The summed E-state index contributed by atoms with van der Waals surface area (Å²) in [6, 6.07) is 10.5. The zero-order valence-corrected chi connectivity index (χ0v) is 13.7. The van der Waals surface area contributed by atoms with Crippen LogP contribution >= 0.6 is 0 Å². The van der Waals surface area contributed by atoms with Crippen LogP contribution in [0, 0.1) is 6.92 Å². The van der Waals surface area contributed by atoms with Crippen LogP contribution in [-0.2, 0) is 17.9 Å². The van der Waals surface area contributed by atoms with E-state index in [4.69, 9.17) is 0 Å². The Morgan fingerprint density at radius 1 is 1.13 bits per heavy atom. The maximum absolute atomic E-state index is 12.3. The van der Waals surface area contributed by atoms with Crippen LogP contribution in [0.4, 0.5) is 0 Å². The summed E-state index contributed by atoms with van der Waals surface area (Å²) >= 11 is 0. The molecule has 0 N–H and O–H groups in total. The number of carbonyl (C=O) groups excluding carboxylic acids is 1. The molecule has 2 aromatic rings. The molecule has 0 atom stereocenters. The molecule has 1 aliphatic heterocycles. The molecule has 1 aromatic heterocycles. The first-order valence-corrected chi connectivity index (χ1v) is 8.24. The minimum Gasteiger partial charge on any atom is -0.340 e. The van der Waals surface area contributed by atoms with E-state index in [1.807, 2.05) is 28.7 Å². The third kappa shape index (κ3) is 4.20. The lowest BCUT2D eigenvalue weighted by atomic mass is 10.2. The Hall–Kier alpha value is -2.14. The maximum atomic E-state index is 12.3. The number of carbonyl (C=O) groups is 1. The molecule has 1 amide bonds. The van der Waals surface area contributed by atoms with Gasteiger partial charge in [0.15, 0.2) is 0 Å². The predicted octanol–water partition coefficient (Wildman–Crippen LogP) is 1.93. The molecular formula is C18H24N4O. The standard InChI is InChI=1S/C18H24N4O/c1-16-19-8-10-21(16)9-7-18(23)22-13-11-20(12-14-22)15-17-5-3-2-4-6-17/h2-6,8,10H,7,9,11-15H2,1H3. The van der Waals surface area contributed by atoms with Gasteiger partial charge in [-0.15, -0.1) is 0 Å². The first kappa shape index (κ1) is 15.7. The van der Waals surface area contributed by atoms with Gasteiger partial charge in [-0.05, 0) is 12.5 Å². The van der Waals surface area contributed by atoms with Gasteiger partial charge in [0.05, 0.1) is 0 Å². The summed E-state index contributed by atoms with van der Waals surface area (Å²) in [6.07, 6.45) is 4.26. The van der Waals surface area contributed by atoms with Gasteiger partial charge in [-0.1, -0.05) is 30.3 Å². The number of rotatable bonds is 5. The summed E-state index contributed by atoms with van der Waals surface area (Å²) in [5.74, 6) is 1.21. The molecule has 5 nitrogen and oxygen atoms in total. The van der Waals surface area contributed by atoms with Gasteiger partial charge in [0.1, 0.15) is 5.82 Å². The third-order valence-corrected chi connectivity index (χ3v) is 4.46. The van der Waals surface area contributed by atoms with Crippen LogP contribution < -0.4 is 0 Å². The Balaban J connectivity index is 1.43. The summed E-state index contributed by atoms with van der Waals surface area (Å²) in [5.41, 5.74) is 1.34. The Labute approximate surface area is 137 Å². The molecule has 0 unspecified atom stereocenters. The summed E-state index contributed by atoms with van der Waals surface area (Å²) in [7, 11) is 0. The lowest BCUT2D eigenvalue weighted by molar-refractivity contribution is -0.133. The average Bonchev–Trinajstić information content (AvgIpc) is 2.99. The van der Waals surface area contributed by atoms with Gasteiger partial charge >= 0.3 is 0 Å². The second-order valence-corrected chi connectivity index (χ2v) is 6.06. The van der Waals surface area contributed by atoms with Crippen LogP contribution in [0.2, 0.25) is 0 Å². The highest BCUT2D eigenvalue weighted by molar-refractivity contribution is 5.76. The average molecular weight is 312 g/mol. The Bertz CT molecular complexity index is 629. The van der Waals surface area contributed by atoms with E-state index in [0.717, 1.165) is 45.1 Å². The molecule has 3 rings (SSSR count). The molecule has 5 heteroatoms. The molecule has 1 aromatic carbocycles. The molecule has 122 valence electrons. The SMILES string of the molecule is Cc1nccn1CCC(=O)N1CCN(Cc2ccccc2)CC1. The quantitative estimate of drug-likeness (QED) is 0.847. The summed E-state index contributed by atoms with van der Waals surface area (Å²) in [6.45, 7) is 7.21. The van der Waals surface area contributed by atoms with E-state index >= 15 is 0 Å². The third-order valence-electron chi connectivity index (χ3n) is 4.46. The zero-order valence-electron chi connectivity index (χ0n) is 13.7. The van der Waals surface area contributed by atoms with E-state index in [9.17, 15) is 4.79 Å². The predicted molar refractivity (Wildman–Crippen MR) is 89.9 cm³/mol. The van der Waals surface area contributed by atoms with E-state index in [1.165, 1.54) is 5.56 Å². The second kappa shape index (κ2) is 7.42.